The number of benzene rings is 1. The molecule has 1 aromatic heterocycles. The molecule has 1 aliphatic rings. The quantitative estimate of drug-likeness (QED) is 0.297. The second-order valence-corrected chi connectivity index (χ2v) is 10.8. The summed E-state index contributed by atoms with van der Waals surface area (Å²) < 4.78 is 39.8. The van der Waals surface area contributed by atoms with E-state index in [9.17, 15) is 18.0 Å². The lowest BCUT2D eigenvalue weighted by Crippen LogP contribution is -2.51. The van der Waals surface area contributed by atoms with Crippen molar-refractivity contribution in [2.45, 2.75) is 31.3 Å². The highest BCUT2D eigenvalue weighted by Gasteiger charge is 2.36. The maximum atomic E-state index is 13.4. The Morgan fingerprint density at radius 3 is 2.82 bits per heavy atom. The van der Waals surface area contributed by atoms with E-state index < -0.39 is 16.1 Å². The van der Waals surface area contributed by atoms with E-state index in [1.165, 1.54) is 11.4 Å². The summed E-state index contributed by atoms with van der Waals surface area (Å²) in [6.45, 7) is 5.79. The van der Waals surface area contributed by atoms with Gasteiger partial charge in [-0.3, -0.25) is 9.59 Å². The van der Waals surface area contributed by atoms with E-state index in [1.54, 1.807) is 18.2 Å². The summed E-state index contributed by atoms with van der Waals surface area (Å²) in [6, 6.07) is 5.11. The van der Waals surface area contributed by atoms with Crippen LogP contribution in [-0.4, -0.2) is 82.5 Å². The maximum Gasteiger partial charge on any atom is 0.250 e. The maximum absolute atomic E-state index is 13.4. The monoisotopic (exact) mass is 560 g/mol. The molecule has 0 spiro atoms. The van der Waals surface area contributed by atoms with Crippen molar-refractivity contribution < 1.29 is 27.5 Å². The van der Waals surface area contributed by atoms with Crippen molar-refractivity contribution in [2.24, 2.45) is 11.7 Å². The van der Waals surface area contributed by atoms with Crippen LogP contribution in [0.2, 0.25) is 0 Å². The minimum Gasteiger partial charge on any atom is -0.381 e. The molecule has 10 nitrogen and oxygen atoms in total. The number of hydrogen-bond donors (Lipinski definition) is 3. The highest BCUT2D eigenvalue weighted by atomic mass is 79.9. The van der Waals surface area contributed by atoms with Gasteiger partial charge in [-0.25, -0.2) is 8.42 Å². The Kier molecular flexibility index (Phi) is 11.1. The van der Waals surface area contributed by atoms with Gasteiger partial charge in [0.25, 0.3) is 5.91 Å². The van der Waals surface area contributed by atoms with Crippen molar-refractivity contribution in [3.8, 4) is 0 Å². The predicted molar refractivity (Wildman–Crippen MR) is 133 cm³/mol. The standard InChI is InChI=1S/C21H28BrN3O6S.CH5N/c1-14(2)13-30-8-3-6-23-21(27)19-11-25(7-9-31-19)32(28,29)20-16-10-15(22)4-5-17(16)24-18(20)12-26;1-2/h4-5,10,12,14,19,24H,3,6-9,11,13H2,1-2H3,(H,23,27);2H2,1H3. The molecule has 0 bridgehead atoms. The molecule has 0 radical (unpaired) electrons. The molecule has 1 amide bonds. The van der Waals surface area contributed by atoms with Crippen molar-refractivity contribution >= 4 is 49.0 Å². The highest BCUT2D eigenvalue weighted by molar-refractivity contribution is 9.10. The number of amides is 1. The zero-order chi connectivity index (χ0) is 25.3. The second-order valence-electron chi connectivity index (χ2n) is 8.01. The smallest absolute Gasteiger partial charge is 0.250 e. The summed E-state index contributed by atoms with van der Waals surface area (Å²) >= 11 is 3.34. The molecule has 2 heterocycles. The molecule has 1 unspecified atom stereocenters. The molecular formula is C22H33BrN4O6S. The molecule has 1 atom stereocenters. The number of carbonyl (C=O) groups is 2. The van der Waals surface area contributed by atoms with Gasteiger partial charge in [0.2, 0.25) is 10.0 Å². The molecule has 1 aliphatic heterocycles. The summed E-state index contributed by atoms with van der Waals surface area (Å²) in [4.78, 5) is 26.9. The Hall–Kier alpha value is -1.83. The largest absolute Gasteiger partial charge is 0.381 e. The number of aldehydes is 1. The fraction of sp³-hybridized carbons (Fsp3) is 0.545. The fourth-order valence-corrected chi connectivity index (χ4v) is 5.56. The first-order valence-electron chi connectivity index (χ1n) is 11.1. The first-order valence-corrected chi connectivity index (χ1v) is 13.3. The van der Waals surface area contributed by atoms with Crippen LogP contribution in [-0.2, 0) is 24.3 Å². The molecule has 0 saturated carbocycles. The number of sulfonamides is 1. The van der Waals surface area contributed by atoms with Gasteiger partial charge in [-0.2, -0.15) is 4.31 Å². The number of halogens is 1. The zero-order valence-electron chi connectivity index (χ0n) is 19.7. The number of nitrogens with zero attached hydrogens (tertiary/aromatic N) is 1. The van der Waals surface area contributed by atoms with E-state index in [-0.39, 0.29) is 36.2 Å². The third-order valence-electron chi connectivity index (χ3n) is 4.99. The van der Waals surface area contributed by atoms with E-state index >= 15 is 0 Å². The molecule has 1 fully saturated rings. The predicted octanol–water partition coefficient (Wildman–Crippen LogP) is 1.89. The van der Waals surface area contributed by atoms with Gasteiger partial charge >= 0.3 is 0 Å². The Morgan fingerprint density at radius 2 is 2.15 bits per heavy atom. The van der Waals surface area contributed by atoms with Crippen LogP contribution < -0.4 is 11.1 Å². The lowest BCUT2D eigenvalue weighted by atomic mass is 10.2. The van der Waals surface area contributed by atoms with Gasteiger partial charge in [-0.05, 0) is 37.6 Å². The van der Waals surface area contributed by atoms with Gasteiger partial charge < -0.3 is 25.5 Å². The van der Waals surface area contributed by atoms with Crippen LogP contribution in [0.5, 0.6) is 0 Å². The number of morpholine rings is 1. The number of ether oxygens (including phenoxy) is 2. The summed E-state index contributed by atoms with van der Waals surface area (Å²) in [5.74, 6) is 0.0807. The number of aromatic nitrogens is 1. The third kappa shape index (κ3) is 7.09. The van der Waals surface area contributed by atoms with E-state index in [4.69, 9.17) is 9.47 Å². The number of hydrogen-bond acceptors (Lipinski definition) is 7. The molecule has 0 aliphatic carbocycles. The van der Waals surface area contributed by atoms with Crippen LogP contribution >= 0.6 is 15.9 Å². The number of carbonyl (C=O) groups excluding carboxylic acids is 2. The number of fused-ring (bicyclic) bond motifs is 1. The molecule has 34 heavy (non-hydrogen) atoms. The number of aromatic amines is 1. The van der Waals surface area contributed by atoms with Crippen LogP contribution in [0.25, 0.3) is 10.9 Å². The van der Waals surface area contributed by atoms with E-state index in [2.05, 4.69) is 45.8 Å². The average Bonchev–Trinajstić information content (AvgIpc) is 3.21. The summed E-state index contributed by atoms with van der Waals surface area (Å²) in [5, 5.41) is 3.19. The van der Waals surface area contributed by atoms with Crippen molar-refractivity contribution in [3.63, 3.8) is 0 Å². The third-order valence-corrected chi connectivity index (χ3v) is 7.45. The number of nitrogens with two attached hydrogens (primary N) is 1. The second kappa shape index (κ2) is 13.3. The molecule has 1 saturated heterocycles. The molecule has 1 aromatic carbocycles. The van der Waals surface area contributed by atoms with Crippen molar-refractivity contribution in [2.75, 3.05) is 46.5 Å². The Labute approximate surface area is 208 Å². The summed E-state index contributed by atoms with van der Waals surface area (Å²) in [6.07, 6.45) is 0.221. The van der Waals surface area contributed by atoms with E-state index in [1.807, 2.05) is 0 Å². The van der Waals surface area contributed by atoms with Gasteiger partial charge in [-0.1, -0.05) is 29.8 Å². The van der Waals surface area contributed by atoms with Gasteiger partial charge in [0.05, 0.1) is 12.3 Å². The lowest BCUT2D eigenvalue weighted by molar-refractivity contribution is -0.136. The number of H-pyrrole nitrogens is 1. The fourth-order valence-electron chi connectivity index (χ4n) is 3.47. The van der Waals surface area contributed by atoms with Crippen molar-refractivity contribution in [1.82, 2.24) is 14.6 Å². The Balaban J connectivity index is 0.00000199. The normalized spacial score (nSPS) is 16.8. The molecule has 4 N–H and O–H groups in total. The molecule has 12 heteroatoms. The molecule has 190 valence electrons. The first-order chi connectivity index (χ1) is 16.2. The zero-order valence-corrected chi connectivity index (χ0v) is 22.1. The highest BCUT2D eigenvalue weighted by Crippen LogP contribution is 2.31. The number of nitrogens with one attached hydrogen (secondary N) is 2. The van der Waals surface area contributed by atoms with Gasteiger partial charge in [0, 0.05) is 48.2 Å². The van der Waals surface area contributed by atoms with Gasteiger partial charge in [0.1, 0.15) is 11.0 Å². The van der Waals surface area contributed by atoms with Crippen molar-refractivity contribution in [3.05, 3.63) is 28.4 Å². The van der Waals surface area contributed by atoms with Crippen LogP contribution in [0.3, 0.4) is 0 Å². The van der Waals surface area contributed by atoms with Crippen LogP contribution in [0, 0.1) is 5.92 Å². The van der Waals surface area contributed by atoms with Gasteiger partial charge in [-0.15, -0.1) is 0 Å². The topological polar surface area (TPSA) is 144 Å². The van der Waals surface area contributed by atoms with E-state index in [0.29, 0.717) is 53.8 Å². The molecule has 2 aromatic rings. The Morgan fingerprint density at radius 1 is 1.41 bits per heavy atom. The summed E-state index contributed by atoms with van der Waals surface area (Å²) in [7, 11) is -2.54. The van der Waals surface area contributed by atoms with Crippen LogP contribution in [0.4, 0.5) is 0 Å². The van der Waals surface area contributed by atoms with E-state index in [0.717, 1.165) is 0 Å². The number of rotatable bonds is 10. The lowest BCUT2D eigenvalue weighted by Gasteiger charge is -2.31. The van der Waals surface area contributed by atoms with Crippen LogP contribution in [0.15, 0.2) is 27.6 Å². The molecular weight excluding hydrogens is 528 g/mol. The van der Waals surface area contributed by atoms with Crippen molar-refractivity contribution in [1.29, 1.82) is 0 Å². The summed E-state index contributed by atoms with van der Waals surface area (Å²) in [5.41, 5.74) is 5.02. The average molecular weight is 561 g/mol. The minimum atomic E-state index is -4.04. The SMILES string of the molecule is CC(C)COCCCNC(=O)C1CN(S(=O)(=O)c2c(C=O)[nH]c3ccc(Br)cc23)CCO1.CN. The van der Waals surface area contributed by atoms with Gasteiger partial charge in [0.15, 0.2) is 6.29 Å². The molecule has 3 rings (SSSR count). The Bertz CT molecular complexity index is 1070. The first kappa shape index (κ1) is 28.4. The van der Waals surface area contributed by atoms with Crippen LogP contribution in [0.1, 0.15) is 30.8 Å². The minimum absolute atomic E-state index is 0.0213.